The molecule has 2 heterocycles. The monoisotopic (exact) mass is 447 g/mol. The van der Waals surface area contributed by atoms with Gasteiger partial charge in [-0.1, -0.05) is 74.5 Å². The molecule has 2 atom stereocenters. The van der Waals surface area contributed by atoms with E-state index in [1.54, 1.807) is 0 Å². The zero-order valence-corrected chi connectivity index (χ0v) is 20.9. The van der Waals surface area contributed by atoms with Crippen molar-refractivity contribution >= 4 is 5.91 Å². The maximum absolute atomic E-state index is 13.5. The van der Waals surface area contributed by atoms with Gasteiger partial charge in [0.15, 0.2) is 0 Å². The number of carbonyl (C=O) groups excluding carboxylic acids is 1. The Morgan fingerprint density at radius 2 is 1.42 bits per heavy atom. The second-order valence-corrected chi connectivity index (χ2v) is 10.3. The molecule has 3 aliphatic rings. The summed E-state index contributed by atoms with van der Waals surface area (Å²) in [5.41, 5.74) is 2.83. The van der Waals surface area contributed by atoms with Crippen LogP contribution in [0.4, 0.5) is 0 Å². The van der Waals surface area contributed by atoms with Crippen molar-refractivity contribution in [2.45, 2.75) is 50.5 Å². The Bertz CT molecular complexity index is 844. The lowest BCUT2D eigenvalue weighted by molar-refractivity contribution is -0.133. The van der Waals surface area contributed by atoms with Gasteiger partial charge in [-0.25, -0.2) is 0 Å². The van der Waals surface area contributed by atoms with Crippen LogP contribution in [0.15, 0.2) is 60.7 Å². The van der Waals surface area contributed by atoms with E-state index >= 15 is 0 Å². The average molecular weight is 448 g/mol. The van der Waals surface area contributed by atoms with E-state index in [2.05, 4.69) is 103 Å². The minimum Gasteiger partial charge on any atom is -0.340 e. The molecule has 2 saturated heterocycles. The second-order valence-electron chi connectivity index (χ2n) is 10.3. The van der Waals surface area contributed by atoms with E-state index in [-0.39, 0.29) is 5.54 Å². The summed E-state index contributed by atoms with van der Waals surface area (Å²) in [5.74, 6) is 1.66. The molecule has 0 spiro atoms. The van der Waals surface area contributed by atoms with Gasteiger partial charge in [0.2, 0.25) is 5.91 Å². The lowest BCUT2D eigenvalue weighted by Gasteiger charge is -2.49. The molecule has 1 aliphatic carbocycles. The van der Waals surface area contributed by atoms with Gasteiger partial charge in [-0.2, -0.15) is 0 Å². The fourth-order valence-electron chi connectivity index (χ4n) is 6.32. The van der Waals surface area contributed by atoms with Crippen molar-refractivity contribution in [1.29, 1.82) is 0 Å². The third-order valence-electron chi connectivity index (χ3n) is 8.44. The molecule has 5 rings (SSSR count). The SMILES string of the molecule is CCN(CC)CCC(=O)N1CC2C(c3ccccc3)CC(N(C)C)(CC2c2ccccc2)C1. The van der Waals surface area contributed by atoms with Gasteiger partial charge in [-0.05, 0) is 68.9 Å². The Morgan fingerprint density at radius 1 is 0.909 bits per heavy atom. The Labute approximate surface area is 200 Å². The maximum Gasteiger partial charge on any atom is 0.223 e. The van der Waals surface area contributed by atoms with Crippen LogP contribution >= 0.6 is 0 Å². The second kappa shape index (κ2) is 10.4. The Morgan fingerprint density at radius 3 is 1.88 bits per heavy atom. The lowest BCUT2D eigenvalue weighted by atomic mass is 9.61. The number of carbonyl (C=O) groups is 1. The van der Waals surface area contributed by atoms with E-state index in [0.29, 0.717) is 30.1 Å². The number of amides is 1. The molecule has 0 aromatic heterocycles. The van der Waals surface area contributed by atoms with Crippen molar-refractivity contribution in [3.63, 3.8) is 0 Å². The summed E-state index contributed by atoms with van der Waals surface area (Å²) < 4.78 is 0. The van der Waals surface area contributed by atoms with Crippen molar-refractivity contribution in [2.75, 3.05) is 46.8 Å². The van der Waals surface area contributed by atoms with E-state index in [1.165, 1.54) is 11.1 Å². The highest BCUT2D eigenvalue weighted by Gasteiger charge is 2.52. The van der Waals surface area contributed by atoms with Gasteiger partial charge >= 0.3 is 0 Å². The van der Waals surface area contributed by atoms with Gasteiger partial charge in [0.25, 0.3) is 0 Å². The molecule has 4 nitrogen and oxygen atoms in total. The number of nitrogens with zero attached hydrogens (tertiary/aromatic N) is 3. The van der Waals surface area contributed by atoms with Crippen LogP contribution in [0.5, 0.6) is 0 Å². The minimum atomic E-state index is -0.0150. The molecular weight excluding hydrogens is 406 g/mol. The van der Waals surface area contributed by atoms with Crippen LogP contribution in [0.3, 0.4) is 0 Å². The van der Waals surface area contributed by atoms with E-state index in [9.17, 15) is 4.79 Å². The first-order valence-electron chi connectivity index (χ1n) is 12.7. The quantitative estimate of drug-likeness (QED) is 0.579. The van der Waals surface area contributed by atoms with Gasteiger partial charge in [0.1, 0.15) is 0 Å². The molecule has 3 fully saturated rings. The van der Waals surface area contributed by atoms with Crippen molar-refractivity contribution in [3.8, 4) is 0 Å². The van der Waals surface area contributed by atoms with Gasteiger partial charge in [-0.3, -0.25) is 4.79 Å². The van der Waals surface area contributed by atoms with Crippen molar-refractivity contribution < 1.29 is 4.79 Å². The smallest absolute Gasteiger partial charge is 0.223 e. The van der Waals surface area contributed by atoms with Crippen LogP contribution in [-0.2, 0) is 4.79 Å². The standard InChI is InChI=1S/C29H41N3O/c1-5-31(6-2)18-17-28(33)32-21-27-25(23-13-9-7-10-14-23)19-29(22-32,30(3)4)20-26(27)24-15-11-8-12-16-24/h7-16,25-27H,5-6,17-22H2,1-4H3. The Balaban J connectivity index is 1.70. The van der Waals surface area contributed by atoms with E-state index in [4.69, 9.17) is 0 Å². The number of hydrogen-bond acceptors (Lipinski definition) is 3. The van der Waals surface area contributed by atoms with Crippen LogP contribution in [0.25, 0.3) is 0 Å². The molecule has 2 bridgehead atoms. The maximum atomic E-state index is 13.5. The summed E-state index contributed by atoms with van der Waals surface area (Å²) in [5, 5.41) is 0. The fourth-order valence-corrected chi connectivity index (χ4v) is 6.32. The molecule has 1 saturated carbocycles. The average Bonchev–Trinajstić information content (AvgIpc) is 3.14. The van der Waals surface area contributed by atoms with E-state index < -0.39 is 0 Å². The topological polar surface area (TPSA) is 26.8 Å². The highest BCUT2D eigenvalue weighted by molar-refractivity contribution is 5.76. The zero-order chi connectivity index (χ0) is 23.4. The molecule has 2 aromatic rings. The highest BCUT2D eigenvalue weighted by Crippen LogP contribution is 2.54. The number of hydrogen-bond donors (Lipinski definition) is 0. The lowest BCUT2D eigenvalue weighted by Crippen LogP contribution is -2.54. The fraction of sp³-hybridized carbons (Fsp3) is 0.552. The third-order valence-corrected chi connectivity index (χ3v) is 8.44. The normalized spacial score (nSPS) is 27.2. The largest absolute Gasteiger partial charge is 0.340 e. The highest BCUT2D eigenvalue weighted by atomic mass is 16.2. The number of fused-ring (bicyclic) bond motifs is 4. The number of rotatable bonds is 8. The summed E-state index contributed by atoms with van der Waals surface area (Å²) in [7, 11) is 4.43. The summed E-state index contributed by atoms with van der Waals surface area (Å²) in [6.45, 7) is 8.89. The van der Waals surface area contributed by atoms with Crippen LogP contribution < -0.4 is 0 Å². The molecule has 1 amide bonds. The van der Waals surface area contributed by atoms with Crippen LogP contribution in [-0.4, -0.2) is 73.0 Å². The van der Waals surface area contributed by atoms with Gasteiger partial charge in [0.05, 0.1) is 0 Å². The summed E-state index contributed by atoms with van der Waals surface area (Å²) in [6.07, 6.45) is 2.83. The predicted octanol–water partition coefficient (Wildman–Crippen LogP) is 4.84. The molecule has 2 unspecified atom stereocenters. The zero-order valence-electron chi connectivity index (χ0n) is 20.9. The van der Waals surface area contributed by atoms with E-state index in [0.717, 1.165) is 45.6 Å². The molecule has 2 aromatic carbocycles. The Kier molecular flexibility index (Phi) is 7.55. The molecule has 4 heteroatoms. The van der Waals surface area contributed by atoms with Crippen molar-refractivity contribution in [2.24, 2.45) is 5.92 Å². The molecule has 0 radical (unpaired) electrons. The molecule has 178 valence electrons. The first-order chi connectivity index (χ1) is 16.0. The van der Waals surface area contributed by atoms with E-state index in [1.807, 2.05) is 0 Å². The van der Waals surface area contributed by atoms with Crippen LogP contribution in [0.2, 0.25) is 0 Å². The first-order valence-corrected chi connectivity index (χ1v) is 12.7. The summed E-state index contributed by atoms with van der Waals surface area (Å²) >= 11 is 0. The molecular formula is C29H41N3O. The molecule has 2 aliphatic heterocycles. The molecule has 0 N–H and O–H groups in total. The summed E-state index contributed by atoms with van der Waals surface area (Å²) in [4.78, 5) is 20.5. The minimum absolute atomic E-state index is 0.0150. The first kappa shape index (κ1) is 24.0. The van der Waals surface area contributed by atoms with Crippen LogP contribution in [0, 0.1) is 5.92 Å². The van der Waals surface area contributed by atoms with Crippen molar-refractivity contribution in [1.82, 2.24) is 14.7 Å². The number of benzene rings is 2. The predicted molar refractivity (Wildman–Crippen MR) is 136 cm³/mol. The van der Waals surface area contributed by atoms with Gasteiger partial charge in [-0.15, -0.1) is 0 Å². The van der Waals surface area contributed by atoms with Gasteiger partial charge in [0, 0.05) is 31.6 Å². The Hall–Kier alpha value is -2.17. The van der Waals surface area contributed by atoms with Crippen LogP contribution in [0.1, 0.15) is 56.1 Å². The number of likely N-dealkylation sites (N-methyl/N-ethyl adjacent to an activating group) is 1. The summed E-state index contributed by atoms with van der Waals surface area (Å²) in [6, 6.07) is 22.1. The molecule has 33 heavy (non-hydrogen) atoms. The van der Waals surface area contributed by atoms with Gasteiger partial charge < -0.3 is 14.7 Å². The van der Waals surface area contributed by atoms with Crippen molar-refractivity contribution in [3.05, 3.63) is 71.8 Å². The third kappa shape index (κ3) is 5.02.